The number of methoxy groups -OCH3 is 2. The van der Waals surface area contributed by atoms with Gasteiger partial charge in [-0.2, -0.15) is 4.98 Å². The van der Waals surface area contributed by atoms with E-state index in [1.807, 2.05) is 4.90 Å². The second-order valence-electron chi connectivity index (χ2n) is 7.43. The van der Waals surface area contributed by atoms with Crippen molar-refractivity contribution in [2.24, 2.45) is 0 Å². The topological polar surface area (TPSA) is 93.8 Å². The van der Waals surface area contributed by atoms with Crippen molar-refractivity contribution in [1.29, 1.82) is 0 Å². The van der Waals surface area contributed by atoms with Gasteiger partial charge in [-0.3, -0.25) is 4.79 Å². The lowest BCUT2D eigenvalue weighted by Crippen LogP contribution is -2.48. The van der Waals surface area contributed by atoms with Crippen molar-refractivity contribution in [2.45, 2.75) is 0 Å². The van der Waals surface area contributed by atoms with Crippen LogP contribution in [0, 0.1) is 5.82 Å². The second-order valence-corrected chi connectivity index (χ2v) is 7.81. The summed E-state index contributed by atoms with van der Waals surface area (Å²) in [5, 5.41) is 0.864. The molecule has 0 atom stereocenters. The van der Waals surface area contributed by atoms with Gasteiger partial charge in [0.1, 0.15) is 22.2 Å². The van der Waals surface area contributed by atoms with Crippen LogP contribution >= 0.6 is 11.6 Å². The van der Waals surface area contributed by atoms with E-state index in [9.17, 15) is 9.18 Å². The first kappa shape index (κ1) is 22.6. The minimum atomic E-state index is -0.315. The van der Waals surface area contributed by atoms with Gasteiger partial charge >= 0.3 is 0 Å². The molecule has 1 amide bonds. The third kappa shape index (κ3) is 4.63. The molecule has 2 aromatic carbocycles. The van der Waals surface area contributed by atoms with Crippen LogP contribution in [0.5, 0.6) is 11.5 Å². The Bertz CT molecular complexity index is 1210. The number of piperazine rings is 1. The molecule has 0 spiro atoms. The second kappa shape index (κ2) is 9.50. The molecule has 2 N–H and O–H groups in total. The van der Waals surface area contributed by atoms with E-state index in [2.05, 4.69) is 9.97 Å². The number of nitrogen functional groups attached to an aromatic ring is 1. The summed E-state index contributed by atoms with van der Waals surface area (Å²) in [6, 6.07) is 7.65. The number of hydrogen-bond acceptors (Lipinski definition) is 7. The van der Waals surface area contributed by atoms with Crippen molar-refractivity contribution < 1.29 is 18.7 Å². The number of hydrogen-bond donors (Lipinski definition) is 1. The highest BCUT2D eigenvalue weighted by atomic mass is 35.5. The predicted octanol–water partition coefficient (Wildman–Crippen LogP) is 3.38. The maximum absolute atomic E-state index is 13.0. The van der Waals surface area contributed by atoms with E-state index in [0.717, 1.165) is 5.56 Å². The number of carbonyl (C=O) groups is 1. The van der Waals surface area contributed by atoms with Gasteiger partial charge in [0.15, 0.2) is 11.5 Å². The number of rotatable bonds is 5. The van der Waals surface area contributed by atoms with Crippen LogP contribution in [0.3, 0.4) is 0 Å². The summed E-state index contributed by atoms with van der Waals surface area (Å²) in [7, 11) is 3.02. The van der Waals surface area contributed by atoms with E-state index in [1.54, 1.807) is 29.2 Å². The number of anilines is 2. The zero-order chi connectivity index (χ0) is 23.5. The normalized spacial score (nSPS) is 14.2. The fraction of sp³-hybridized carbons (Fsp3) is 0.261. The third-order valence-corrected chi connectivity index (χ3v) is 5.81. The number of nitrogens with zero attached hydrogens (tertiary/aromatic N) is 4. The Morgan fingerprint density at radius 1 is 1.12 bits per heavy atom. The highest BCUT2D eigenvalue weighted by molar-refractivity contribution is 6.37. The van der Waals surface area contributed by atoms with Crippen LogP contribution < -0.4 is 20.1 Å². The van der Waals surface area contributed by atoms with E-state index in [1.165, 1.54) is 32.4 Å². The molecule has 0 aliphatic carbocycles. The minimum absolute atomic E-state index is 0.113. The first-order chi connectivity index (χ1) is 15.9. The number of nitrogens with two attached hydrogens (primary N) is 1. The summed E-state index contributed by atoms with van der Waals surface area (Å²) < 4.78 is 23.7. The molecule has 0 saturated carbocycles. The van der Waals surface area contributed by atoms with E-state index in [-0.39, 0.29) is 17.5 Å². The summed E-state index contributed by atoms with van der Waals surface area (Å²) in [5.41, 5.74) is 7.42. The molecular weight excluding hydrogens is 449 g/mol. The highest BCUT2D eigenvalue weighted by Crippen LogP contribution is 2.41. The van der Waals surface area contributed by atoms with Gasteiger partial charge < -0.3 is 25.0 Å². The minimum Gasteiger partial charge on any atom is -0.493 e. The van der Waals surface area contributed by atoms with Crippen LogP contribution in [0.1, 0.15) is 5.56 Å². The average molecular weight is 472 g/mol. The Balaban J connectivity index is 1.49. The highest BCUT2D eigenvalue weighted by Gasteiger charge is 2.24. The van der Waals surface area contributed by atoms with E-state index < -0.39 is 0 Å². The predicted molar refractivity (Wildman–Crippen MR) is 126 cm³/mol. The lowest BCUT2D eigenvalue weighted by atomic mass is 10.2. The van der Waals surface area contributed by atoms with Crippen LogP contribution in [0.15, 0.2) is 36.4 Å². The zero-order valence-electron chi connectivity index (χ0n) is 18.2. The lowest BCUT2D eigenvalue weighted by molar-refractivity contribution is -0.126. The van der Waals surface area contributed by atoms with Crippen LogP contribution in [0.2, 0.25) is 5.02 Å². The molecular formula is C23H23ClFN5O3. The molecule has 0 bridgehead atoms. The maximum atomic E-state index is 13.0. The van der Waals surface area contributed by atoms with Gasteiger partial charge in [0, 0.05) is 37.6 Å². The Morgan fingerprint density at radius 2 is 1.82 bits per heavy atom. The average Bonchev–Trinajstić information content (AvgIpc) is 2.83. The molecule has 8 nitrogen and oxygen atoms in total. The smallest absolute Gasteiger partial charge is 0.246 e. The standard InChI is InChI=1S/C23H23ClFN5O3/c1-32-17-13-16-20(19(24)21(17)33-2)27-23(28-22(16)26)30-11-9-29(10-12-30)18(31)8-5-14-3-6-15(25)7-4-14/h3-8,13H,9-12H2,1-2H3,(H2,26,27,28). The zero-order valence-corrected chi connectivity index (χ0v) is 19.0. The van der Waals surface area contributed by atoms with Crippen molar-refractivity contribution in [2.75, 3.05) is 51.0 Å². The van der Waals surface area contributed by atoms with E-state index in [0.29, 0.717) is 59.6 Å². The summed E-state index contributed by atoms with van der Waals surface area (Å²) >= 11 is 6.52. The van der Waals surface area contributed by atoms with E-state index in [4.69, 9.17) is 26.8 Å². The van der Waals surface area contributed by atoms with Crippen molar-refractivity contribution in [3.05, 3.63) is 52.8 Å². The summed E-state index contributed by atoms with van der Waals surface area (Å²) in [6.07, 6.45) is 3.16. The molecule has 1 aliphatic heterocycles. The molecule has 1 saturated heterocycles. The first-order valence-electron chi connectivity index (χ1n) is 10.3. The van der Waals surface area contributed by atoms with Crippen molar-refractivity contribution in [3.63, 3.8) is 0 Å². The number of benzene rings is 2. The van der Waals surface area contributed by atoms with Gasteiger partial charge in [0.05, 0.1) is 14.2 Å². The Labute approximate surface area is 195 Å². The fourth-order valence-electron chi connectivity index (χ4n) is 3.65. The van der Waals surface area contributed by atoms with Gasteiger partial charge in [0.25, 0.3) is 0 Å². The number of carbonyl (C=O) groups excluding carboxylic acids is 1. The summed E-state index contributed by atoms with van der Waals surface area (Å²) in [4.78, 5) is 25.3. The quantitative estimate of drug-likeness (QED) is 0.570. The number of ether oxygens (including phenoxy) is 2. The van der Waals surface area contributed by atoms with Gasteiger partial charge in [-0.15, -0.1) is 0 Å². The molecule has 1 fully saturated rings. The SMILES string of the molecule is COc1cc2c(N)nc(N3CCN(C(=O)C=Cc4ccc(F)cc4)CC3)nc2c(Cl)c1OC. The fourth-order valence-corrected chi connectivity index (χ4v) is 3.97. The van der Waals surface area contributed by atoms with Crippen molar-refractivity contribution in [1.82, 2.24) is 14.9 Å². The van der Waals surface area contributed by atoms with Crippen LogP contribution in [0.25, 0.3) is 17.0 Å². The Morgan fingerprint density at radius 3 is 2.45 bits per heavy atom. The number of amides is 1. The van der Waals surface area contributed by atoms with E-state index >= 15 is 0 Å². The van der Waals surface area contributed by atoms with Gasteiger partial charge in [-0.25, -0.2) is 9.37 Å². The van der Waals surface area contributed by atoms with Gasteiger partial charge in [-0.1, -0.05) is 23.7 Å². The molecule has 1 aliphatic rings. The third-order valence-electron chi connectivity index (χ3n) is 5.46. The molecule has 0 radical (unpaired) electrons. The monoisotopic (exact) mass is 471 g/mol. The first-order valence-corrected chi connectivity index (χ1v) is 10.6. The number of aromatic nitrogens is 2. The van der Waals surface area contributed by atoms with Gasteiger partial charge in [0.2, 0.25) is 11.9 Å². The Hall–Kier alpha value is -3.59. The Kier molecular flexibility index (Phi) is 6.50. The van der Waals surface area contributed by atoms with Crippen molar-refractivity contribution in [3.8, 4) is 11.5 Å². The molecule has 2 heterocycles. The molecule has 172 valence electrons. The van der Waals surface area contributed by atoms with Gasteiger partial charge in [-0.05, 0) is 29.8 Å². The maximum Gasteiger partial charge on any atom is 0.246 e. The van der Waals surface area contributed by atoms with Crippen LogP contribution in [0.4, 0.5) is 16.2 Å². The van der Waals surface area contributed by atoms with Crippen LogP contribution in [-0.2, 0) is 4.79 Å². The molecule has 10 heteroatoms. The molecule has 1 aromatic heterocycles. The van der Waals surface area contributed by atoms with Crippen LogP contribution in [-0.4, -0.2) is 61.2 Å². The summed E-state index contributed by atoms with van der Waals surface area (Å²) in [5.74, 6) is 1.10. The summed E-state index contributed by atoms with van der Waals surface area (Å²) in [6.45, 7) is 2.05. The largest absolute Gasteiger partial charge is 0.493 e. The number of fused-ring (bicyclic) bond motifs is 1. The molecule has 3 aromatic rings. The molecule has 33 heavy (non-hydrogen) atoms. The molecule has 0 unspecified atom stereocenters. The molecule has 4 rings (SSSR count). The lowest BCUT2D eigenvalue weighted by Gasteiger charge is -2.34. The van der Waals surface area contributed by atoms with Crippen molar-refractivity contribution >= 4 is 46.3 Å². The number of halogens is 2.